The van der Waals surface area contributed by atoms with E-state index in [-0.39, 0.29) is 0 Å². The number of benzene rings is 1. The van der Waals surface area contributed by atoms with E-state index in [1.807, 2.05) is 0 Å². The van der Waals surface area contributed by atoms with Crippen molar-refractivity contribution < 1.29 is 0 Å². The van der Waals surface area contributed by atoms with Crippen LogP contribution >= 0.6 is 0 Å². The number of hydrogen-bond acceptors (Lipinski definition) is 1. The third-order valence-corrected chi connectivity index (χ3v) is 3.91. The van der Waals surface area contributed by atoms with Gasteiger partial charge >= 0.3 is 0 Å². The van der Waals surface area contributed by atoms with Crippen LogP contribution in [0.2, 0.25) is 0 Å². The predicted molar refractivity (Wildman–Crippen MR) is 78.9 cm³/mol. The Morgan fingerprint density at radius 2 is 2.17 bits per heavy atom. The van der Waals surface area contributed by atoms with Gasteiger partial charge in [0.15, 0.2) is 0 Å². The first-order valence-electron chi connectivity index (χ1n) is 7.58. The maximum atomic E-state index is 3.73. The van der Waals surface area contributed by atoms with Gasteiger partial charge in [0, 0.05) is 6.04 Å². The molecule has 1 nitrogen and oxygen atoms in total. The molecule has 100 valence electrons. The highest BCUT2D eigenvalue weighted by Gasteiger charge is 2.29. The summed E-state index contributed by atoms with van der Waals surface area (Å²) >= 11 is 0. The summed E-state index contributed by atoms with van der Waals surface area (Å²) in [6.45, 7) is 5.62. The summed E-state index contributed by atoms with van der Waals surface area (Å²) in [6, 6.07) is 9.73. The summed E-state index contributed by atoms with van der Waals surface area (Å²) in [4.78, 5) is 0. The van der Waals surface area contributed by atoms with Gasteiger partial charge in [0.1, 0.15) is 0 Å². The van der Waals surface area contributed by atoms with Crippen LogP contribution in [0.1, 0.15) is 50.2 Å². The number of hydrogen-bond donors (Lipinski definition) is 1. The van der Waals surface area contributed by atoms with Crippen molar-refractivity contribution in [1.29, 1.82) is 0 Å². The van der Waals surface area contributed by atoms with E-state index in [0.717, 1.165) is 12.0 Å². The molecule has 0 amide bonds. The molecule has 1 saturated carbocycles. The Hall–Kier alpha value is -0.820. The van der Waals surface area contributed by atoms with Crippen molar-refractivity contribution in [2.45, 2.75) is 58.4 Å². The molecule has 1 atom stereocenters. The predicted octanol–water partition coefficient (Wildman–Crippen LogP) is 4.10. The molecule has 18 heavy (non-hydrogen) atoms. The Kier molecular flexibility index (Phi) is 5.25. The normalized spacial score (nSPS) is 16.8. The first kappa shape index (κ1) is 13.6. The maximum Gasteiger partial charge on any atom is 0.00954 e. The fraction of sp³-hybridized carbons (Fsp3) is 0.647. The van der Waals surface area contributed by atoms with Crippen LogP contribution in [0, 0.1) is 12.8 Å². The van der Waals surface area contributed by atoms with E-state index in [0.29, 0.717) is 0 Å². The molecule has 1 unspecified atom stereocenters. The zero-order chi connectivity index (χ0) is 12.8. The van der Waals surface area contributed by atoms with E-state index in [4.69, 9.17) is 0 Å². The molecule has 1 aliphatic carbocycles. The summed E-state index contributed by atoms with van der Waals surface area (Å²) < 4.78 is 0. The van der Waals surface area contributed by atoms with Crippen molar-refractivity contribution in [3.8, 4) is 0 Å². The minimum atomic E-state index is 0.787. The Bertz CT molecular complexity index is 354. The smallest absolute Gasteiger partial charge is 0.00954 e. The SMILES string of the molecule is CCCNC(CCCc1cccc(C)c1)C1CC1. The second-order valence-corrected chi connectivity index (χ2v) is 5.78. The molecule has 0 heterocycles. The fourth-order valence-electron chi connectivity index (χ4n) is 2.73. The summed E-state index contributed by atoms with van der Waals surface area (Å²) in [5, 5.41) is 3.73. The highest BCUT2D eigenvalue weighted by atomic mass is 14.9. The molecular weight excluding hydrogens is 218 g/mol. The van der Waals surface area contributed by atoms with Crippen molar-refractivity contribution >= 4 is 0 Å². The Morgan fingerprint density at radius 1 is 1.33 bits per heavy atom. The lowest BCUT2D eigenvalue weighted by Crippen LogP contribution is -2.31. The Labute approximate surface area is 112 Å². The van der Waals surface area contributed by atoms with E-state index in [1.54, 1.807) is 0 Å². The maximum absolute atomic E-state index is 3.73. The van der Waals surface area contributed by atoms with Crippen LogP contribution < -0.4 is 5.32 Å². The van der Waals surface area contributed by atoms with Crippen LogP contribution in [0.5, 0.6) is 0 Å². The van der Waals surface area contributed by atoms with Crippen LogP contribution in [0.4, 0.5) is 0 Å². The minimum absolute atomic E-state index is 0.787. The lowest BCUT2D eigenvalue weighted by atomic mass is 10.0. The fourth-order valence-corrected chi connectivity index (χ4v) is 2.73. The van der Waals surface area contributed by atoms with Gasteiger partial charge in [0.05, 0.1) is 0 Å². The largest absolute Gasteiger partial charge is 0.314 e. The molecule has 1 aliphatic rings. The number of rotatable bonds is 8. The van der Waals surface area contributed by atoms with E-state index in [1.165, 1.54) is 56.2 Å². The molecule has 0 radical (unpaired) electrons. The molecule has 0 spiro atoms. The molecule has 0 aliphatic heterocycles. The quantitative estimate of drug-likeness (QED) is 0.727. The second-order valence-electron chi connectivity index (χ2n) is 5.78. The lowest BCUT2D eigenvalue weighted by Gasteiger charge is -2.17. The van der Waals surface area contributed by atoms with Crippen molar-refractivity contribution in [2.75, 3.05) is 6.54 Å². The van der Waals surface area contributed by atoms with Gasteiger partial charge in [-0.25, -0.2) is 0 Å². The van der Waals surface area contributed by atoms with Crippen LogP contribution in [0.3, 0.4) is 0 Å². The Balaban J connectivity index is 1.72. The number of aryl methyl sites for hydroxylation is 2. The van der Waals surface area contributed by atoms with Crippen molar-refractivity contribution in [3.05, 3.63) is 35.4 Å². The number of nitrogens with one attached hydrogen (secondary N) is 1. The summed E-state index contributed by atoms with van der Waals surface area (Å²) in [7, 11) is 0. The molecule has 0 saturated heterocycles. The zero-order valence-electron chi connectivity index (χ0n) is 11.9. The molecule has 0 aromatic heterocycles. The first-order valence-corrected chi connectivity index (χ1v) is 7.58. The van der Waals surface area contributed by atoms with Crippen LogP contribution in [0.15, 0.2) is 24.3 Å². The third-order valence-electron chi connectivity index (χ3n) is 3.91. The van der Waals surface area contributed by atoms with Gasteiger partial charge in [-0.15, -0.1) is 0 Å². The minimum Gasteiger partial charge on any atom is -0.314 e. The molecule has 1 aromatic carbocycles. The van der Waals surface area contributed by atoms with Gasteiger partial charge in [-0.3, -0.25) is 0 Å². The zero-order valence-corrected chi connectivity index (χ0v) is 11.9. The van der Waals surface area contributed by atoms with Gasteiger partial charge < -0.3 is 5.32 Å². The lowest BCUT2D eigenvalue weighted by molar-refractivity contribution is 0.425. The van der Waals surface area contributed by atoms with Gasteiger partial charge in [-0.2, -0.15) is 0 Å². The molecular formula is C17H27N. The summed E-state index contributed by atoms with van der Waals surface area (Å²) in [5.74, 6) is 0.981. The highest BCUT2D eigenvalue weighted by Crippen LogP contribution is 2.34. The highest BCUT2D eigenvalue weighted by molar-refractivity contribution is 5.22. The molecule has 1 heteroatoms. The van der Waals surface area contributed by atoms with E-state index >= 15 is 0 Å². The monoisotopic (exact) mass is 245 g/mol. The van der Waals surface area contributed by atoms with E-state index < -0.39 is 0 Å². The van der Waals surface area contributed by atoms with Crippen molar-refractivity contribution in [1.82, 2.24) is 5.32 Å². The standard InChI is InChI=1S/C17H27N/c1-3-12-18-17(16-10-11-16)9-5-8-15-7-4-6-14(2)13-15/h4,6-7,13,16-18H,3,5,8-12H2,1-2H3. The average Bonchev–Trinajstić information content (AvgIpc) is 3.18. The van der Waals surface area contributed by atoms with Gasteiger partial charge in [-0.05, 0) is 63.5 Å². The molecule has 1 fully saturated rings. The average molecular weight is 245 g/mol. The van der Waals surface area contributed by atoms with E-state index in [9.17, 15) is 0 Å². The van der Waals surface area contributed by atoms with Crippen LogP contribution in [-0.4, -0.2) is 12.6 Å². The van der Waals surface area contributed by atoms with Crippen molar-refractivity contribution in [3.63, 3.8) is 0 Å². The third kappa shape index (κ3) is 4.45. The second kappa shape index (κ2) is 6.94. The van der Waals surface area contributed by atoms with Crippen LogP contribution in [-0.2, 0) is 6.42 Å². The summed E-state index contributed by atoms with van der Waals surface area (Å²) in [6.07, 6.45) is 8.05. The van der Waals surface area contributed by atoms with Crippen molar-refractivity contribution in [2.24, 2.45) is 5.92 Å². The van der Waals surface area contributed by atoms with Gasteiger partial charge in [-0.1, -0.05) is 36.8 Å². The molecule has 0 bridgehead atoms. The van der Waals surface area contributed by atoms with Crippen LogP contribution in [0.25, 0.3) is 0 Å². The molecule has 1 aromatic rings. The summed E-state index contributed by atoms with van der Waals surface area (Å²) in [5.41, 5.74) is 2.88. The van der Waals surface area contributed by atoms with Gasteiger partial charge in [0.25, 0.3) is 0 Å². The molecule has 1 N–H and O–H groups in total. The molecule has 2 rings (SSSR count). The van der Waals surface area contributed by atoms with Gasteiger partial charge in [0.2, 0.25) is 0 Å². The Morgan fingerprint density at radius 3 is 2.83 bits per heavy atom. The first-order chi connectivity index (χ1) is 8.79. The topological polar surface area (TPSA) is 12.0 Å². The van der Waals surface area contributed by atoms with E-state index in [2.05, 4.69) is 43.4 Å².